The van der Waals surface area contributed by atoms with Gasteiger partial charge < -0.3 is 10.3 Å². The molecule has 1 unspecified atom stereocenters. The van der Waals surface area contributed by atoms with E-state index in [1.807, 2.05) is 6.20 Å². The van der Waals surface area contributed by atoms with Crippen LogP contribution < -0.4 is 5.73 Å². The van der Waals surface area contributed by atoms with Gasteiger partial charge in [-0.3, -0.25) is 0 Å². The van der Waals surface area contributed by atoms with Gasteiger partial charge in [-0.25, -0.2) is 4.98 Å². The lowest BCUT2D eigenvalue weighted by molar-refractivity contribution is 0.547. The van der Waals surface area contributed by atoms with Crippen molar-refractivity contribution in [3.63, 3.8) is 0 Å². The Hall–Kier alpha value is -1.29. The standard InChI is InChI=1S/C11H15N3S/c1-2-4-9(10-5-3-8-15-10)14-7-6-13-11(14)12/h3,5-9H,2,4H2,1H3,(H2,12,13). The van der Waals surface area contributed by atoms with Crippen molar-refractivity contribution < 1.29 is 0 Å². The van der Waals surface area contributed by atoms with E-state index in [0.717, 1.165) is 12.8 Å². The number of nitrogens with zero attached hydrogens (tertiary/aromatic N) is 2. The van der Waals surface area contributed by atoms with Crippen molar-refractivity contribution in [1.82, 2.24) is 9.55 Å². The Morgan fingerprint density at radius 3 is 3.00 bits per heavy atom. The molecule has 0 saturated heterocycles. The van der Waals surface area contributed by atoms with Gasteiger partial charge in [-0.1, -0.05) is 19.4 Å². The number of thiophene rings is 1. The molecule has 80 valence electrons. The largest absolute Gasteiger partial charge is 0.369 e. The molecule has 0 radical (unpaired) electrons. The van der Waals surface area contributed by atoms with Gasteiger partial charge in [-0.2, -0.15) is 0 Å². The predicted octanol–water partition coefficient (Wildman–Crippen LogP) is 2.92. The fraction of sp³-hybridized carbons (Fsp3) is 0.364. The molecule has 0 aromatic carbocycles. The van der Waals surface area contributed by atoms with Crippen molar-refractivity contribution in [3.05, 3.63) is 34.8 Å². The Morgan fingerprint density at radius 2 is 2.47 bits per heavy atom. The minimum atomic E-state index is 0.345. The van der Waals surface area contributed by atoms with Crippen molar-refractivity contribution in [2.24, 2.45) is 0 Å². The molecule has 0 aliphatic carbocycles. The van der Waals surface area contributed by atoms with Crippen LogP contribution in [-0.2, 0) is 0 Å². The van der Waals surface area contributed by atoms with E-state index < -0.39 is 0 Å². The highest BCUT2D eigenvalue weighted by Gasteiger charge is 2.15. The molecule has 1 atom stereocenters. The van der Waals surface area contributed by atoms with E-state index in [4.69, 9.17) is 5.73 Å². The van der Waals surface area contributed by atoms with E-state index in [9.17, 15) is 0 Å². The molecular formula is C11H15N3S. The van der Waals surface area contributed by atoms with Crippen LogP contribution >= 0.6 is 11.3 Å². The Bertz CT molecular complexity index is 405. The third kappa shape index (κ3) is 2.04. The van der Waals surface area contributed by atoms with Gasteiger partial charge in [0.05, 0.1) is 6.04 Å². The van der Waals surface area contributed by atoms with Crippen molar-refractivity contribution in [2.75, 3.05) is 5.73 Å². The number of hydrogen-bond acceptors (Lipinski definition) is 3. The number of hydrogen-bond donors (Lipinski definition) is 1. The Morgan fingerprint density at radius 1 is 1.60 bits per heavy atom. The number of aromatic nitrogens is 2. The highest BCUT2D eigenvalue weighted by molar-refractivity contribution is 7.10. The fourth-order valence-corrected chi connectivity index (χ4v) is 2.62. The molecule has 4 heteroatoms. The molecule has 0 saturated carbocycles. The molecular weight excluding hydrogens is 206 g/mol. The monoisotopic (exact) mass is 221 g/mol. The second-order valence-electron chi connectivity index (χ2n) is 3.51. The maximum absolute atomic E-state index is 5.83. The summed E-state index contributed by atoms with van der Waals surface area (Å²) in [6.07, 6.45) is 5.95. The van der Waals surface area contributed by atoms with Crippen LogP contribution in [0.3, 0.4) is 0 Å². The second-order valence-corrected chi connectivity index (χ2v) is 4.49. The normalized spacial score (nSPS) is 12.9. The van der Waals surface area contributed by atoms with Crippen LogP contribution in [0.1, 0.15) is 30.7 Å². The summed E-state index contributed by atoms with van der Waals surface area (Å²) in [5.41, 5.74) is 5.83. The summed E-state index contributed by atoms with van der Waals surface area (Å²) in [4.78, 5) is 5.42. The maximum Gasteiger partial charge on any atom is 0.200 e. The zero-order chi connectivity index (χ0) is 10.7. The van der Waals surface area contributed by atoms with Gasteiger partial charge in [0.25, 0.3) is 0 Å². The quantitative estimate of drug-likeness (QED) is 0.862. The topological polar surface area (TPSA) is 43.8 Å². The van der Waals surface area contributed by atoms with Gasteiger partial charge in [0.15, 0.2) is 0 Å². The van der Waals surface area contributed by atoms with Gasteiger partial charge in [0, 0.05) is 17.3 Å². The Balaban J connectivity index is 2.32. The zero-order valence-corrected chi connectivity index (χ0v) is 9.57. The molecule has 0 amide bonds. The number of nitrogen functional groups attached to an aromatic ring is 1. The lowest BCUT2D eigenvalue weighted by Crippen LogP contribution is -2.11. The lowest BCUT2D eigenvalue weighted by Gasteiger charge is -2.17. The molecule has 0 spiro atoms. The Kier molecular flexibility index (Phi) is 3.06. The average Bonchev–Trinajstić information content (AvgIpc) is 2.85. The molecule has 15 heavy (non-hydrogen) atoms. The highest BCUT2D eigenvalue weighted by Crippen LogP contribution is 2.28. The van der Waals surface area contributed by atoms with E-state index >= 15 is 0 Å². The molecule has 2 rings (SSSR count). The van der Waals surface area contributed by atoms with Gasteiger partial charge in [-0.05, 0) is 17.9 Å². The molecule has 0 aliphatic heterocycles. The molecule has 0 aliphatic rings. The lowest BCUT2D eigenvalue weighted by atomic mass is 10.1. The number of anilines is 1. The first kappa shape index (κ1) is 10.2. The van der Waals surface area contributed by atoms with Gasteiger partial charge in [-0.15, -0.1) is 11.3 Å². The van der Waals surface area contributed by atoms with Crippen molar-refractivity contribution in [2.45, 2.75) is 25.8 Å². The third-order valence-electron chi connectivity index (χ3n) is 2.47. The van der Waals surface area contributed by atoms with Crippen LogP contribution in [0.15, 0.2) is 29.9 Å². The van der Waals surface area contributed by atoms with Crippen molar-refractivity contribution in [1.29, 1.82) is 0 Å². The van der Waals surface area contributed by atoms with Crippen LogP contribution in [0.4, 0.5) is 5.95 Å². The second kappa shape index (κ2) is 4.49. The number of imidazole rings is 1. The summed E-state index contributed by atoms with van der Waals surface area (Å²) in [5.74, 6) is 0.599. The molecule has 3 nitrogen and oxygen atoms in total. The summed E-state index contributed by atoms with van der Waals surface area (Å²) < 4.78 is 2.05. The smallest absolute Gasteiger partial charge is 0.200 e. The van der Waals surface area contributed by atoms with E-state index in [1.165, 1.54) is 4.88 Å². The molecule has 2 N–H and O–H groups in total. The van der Waals surface area contributed by atoms with Crippen LogP contribution in [0.5, 0.6) is 0 Å². The third-order valence-corrected chi connectivity index (χ3v) is 3.44. The summed E-state index contributed by atoms with van der Waals surface area (Å²) in [5, 5.41) is 2.10. The van der Waals surface area contributed by atoms with Gasteiger partial charge in [0.2, 0.25) is 5.95 Å². The van der Waals surface area contributed by atoms with Gasteiger partial charge in [0.1, 0.15) is 0 Å². The summed E-state index contributed by atoms with van der Waals surface area (Å²) >= 11 is 1.77. The minimum Gasteiger partial charge on any atom is -0.369 e. The zero-order valence-electron chi connectivity index (χ0n) is 8.76. The first-order valence-electron chi connectivity index (χ1n) is 5.14. The van der Waals surface area contributed by atoms with Crippen molar-refractivity contribution in [3.8, 4) is 0 Å². The van der Waals surface area contributed by atoms with E-state index in [-0.39, 0.29) is 0 Å². The Labute approximate surface area is 93.6 Å². The van der Waals surface area contributed by atoms with Crippen molar-refractivity contribution >= 4 is 17.3 Å². The van der Waals surface area contributed by atoms with Crippen LogP contribution in [0.2, 0.25) is 0 Å². The molecule has 0 bridgehead atoms. The molecule has 2 aromatic heterocycles. The summed E-state index contributed by atoms with van der Waals surface area (Å²) in [6, 6.07) is 4.58. The first-order chi connectivity index (χ1) is 7.33. The van der Waals surface area contributed by atoms with Crippen LogP contribution in [-0.4, -0.2) is 9.55 Å². The summed E-state index contributed by atoms with van der Waals surface area (Å²) in [6.45, 7) is 2.19. The van der Waals surface area contributed by atoms with E-state index in [1.54, 1.807) is 17.5 Å². The first-order valence-corrected chi connectivity index (χ1v) is 6.02. The average molecular weight is 221 g/mol. The molecule has 2 aromatic rings. The maximum atomic E-state index is 5.83. The fourth-order valence-electron chi connectivity index (χ4n) is 1.76. The van der Waals surface area contributed by atoms with Crippen LogP contribution in [0.25, 0.3) is 0 Å². The molecule has 2 heterocycles. The molecule has 0 fully saturated rings. The van der Waals surface area contributed by atoms with E-state index in [0.29, 0.717) is 12.0 Å². The van der Waals surface area contributed by atoms with Crippen LogP contribution in [0, 0.1) is 0 Å². The highest BCUT2D eigenvalue weighted by atomic mass is 32.1. The predicted molar refractivity (Wildman–Crippen MR) is 64.0 cm³/mol. The van der Waals surface area contributed by atoms with E-state index in [2.05, 4.69) is 34.0 Å². The SMILES string of the molecule is CCCC(c1cccs1)n1ccnc1N. The minimum absolute atomic E-state index is 0.345. The number of rotatable bonds is 4. The van der Waals surface area contributed by atoms with Gasteiger partial charge >= 0.3 is 0 Å². The summed E-state index contributed by atoms with van der Waals surface area (Å²) in [7, 11) is 0. The number of nitrogens with two attached hydrogens (primary N) is 1.